The van der Waals surface area contributed by atoms with E-state index in [1.807, 2.05) is 0 Å². The molecule has 0 bridgehead atoms. The normalized spacial score (nSPS) is 32.6. The molecule has 16 heavy (non-hydrogen) atoms. The maximum absolute atomic E-state index is 3.33. The van der Waals surface area contributed by atoms with E-state index in [0.717, 1.165) is 12.6 Å². The van der Waals surface area contributed by atoms with E-state index >= 15 is 0 Å². The van der Waals surface area contributed by atoms with E-state index < -0.39 is 0 Å². The largest absolute Gasteiger partial charge is 0.318 e. The van der Waals surface area contributed by atoms with Crippen LogP contribution in [0.5, 0.6) is 0 Å². The molecule has 1 aliphatic carbocycles. The number of nitrogens with zero attached hydrogens (tertiary/aromatic N) is 2. The minimum absolute atomic E-state index is 0.387. The Bertz CT molecular complexity index is 235. The SMILES string of the molecule is CNCC1CN(C2CC2)C(C)(C)CCN1C. The van der Waals surface area contributed by atoms with Crippen LogP contribution in [-0.2, 0) is 0 Å². The molecule has 1 unspecified atom stereocenters. The van der Waals surface area contributed by atoms with Gasteiger partial charge in [0, 0.05) is 30.7 Å². The van der Waals surface area contributed by atoms with Gasteiger partial charge in [-0.15, -0.1) is 0 Å². The molecular formula is C13H27N3. The van der Waals surface area contributed by atoms with Crippen molar-refractivity contribution in [2.24, 2.45) is 0 Å². The molecule has 1 atom stereocenters. The molecule has 0 aromatic rings. The fourth-order valence-corrected chi connectivity index (χ4v) is 2.88. The lowest BCUT2D eigenvalue weighted by molar-refractivity contribution is 0.106. The highest BCUT2D eigenvalue weighted by Crippen LogP contribution is 2.36. The lowest BCUT2D eigenvalue weighted by Gasteiger charge is -2.38. The lowest BCUT2D eigenvalue weighted by atomic mass is 9.98. The molecule has 1 N–H and O–H groups in total. The average Bonchev–Trinajstić information content (AvgIpc) is 3.03. The Morgan fingerprint density at radius 2 is 2.00 bits per heavy atom. The Kier molecular flexibility index (Phi) is 3.57. The van der Waals surface area contributed by atoms with E-state index in [4.69, 9.17) is 0 Å². The van der Waals surface area contributed by atoms with E-state index in [2.05, 4.69) is 43.1 Å². The highest BCUT2D eigenvalue weighted by molar-refractivity contribution is 4.98. The average molecular weight is 225 g/mol. The molecule has 0 amide bonds. The summed E-state index contributed by atoms with van der Waals surface area (Å²) in [7, 11) is 4.33. The van der Waals surface area contributed by atoms with Crippen LogP contribution in [0.3, 0.4) is 0 Å². The van der Waals surface area contributed by atoms with Gasteiger partial charge in [0.1, 0.15) is 0 Å². The minimum atomic E-state index is 0.387. The van der Waals surface area contributed by atoms with Crippen molar-refractivity contribution in [1.82, 2.24) is 15.1 Å². The first-order valence-corrected chi connectivity index (χ1v) is 6.66. The molecule has 94 valence electrons. The van der Waals surface area contributed by atoms with Gasteiger partial charge in [-0.25, -0.2) is 0 Å². The summed E-state index contributed by atoms with van der Waals surface area (Å²) in [4.78, 5) is 5.29. The number of rotatable bonds is 3. The Morgan fingerprint density at radius 3 is 2.56 bits per heavy atom. The molecule has 3 heteroatoms. The Balaban J connectivity index is 2.07. The molecule has 0 aromatic heterocycles. The van der Waals surface area contributed by atoms with Gasteiger partial charge in [0.25, 0.3) is 0 Å². The van der Waals surface area contributed by atoms with Gasteiger partial charge in [-0.05, 0) is 53.8 Å². The second-order valence-corrected chi connectivity index (χ2v) is 6.14. The Morgan fingerprint density at radius 1 is 1.31 bits per heavy atom. The highest BCUT2D eigenvalue weighted by Gasteiger charge is 2.41. The zero-order chi connectivity index (χ0) is 11.8. The predicted molar refractivity (Wildman–Crippen MR) is 68.8 cm³/mol. The van der Waals surface area contributed by atoms with Crippen LogP contribution >= 0.6 is 0 Å². The number of hydrogen-bond acceptors (Lipinski definition) is 3. The van der Waals surface area contributed by atoms with Gasteiger partial charge in [0.05, 0.1) is 0 Å². The van der Waals surface area contributed by atoms with Crippen molar-refractivity contribution in [3.05, 3.63) is 0 Å². The van der Waals surface area contributed by atoms with Crippen LogP contribution in [0.25, 0.3) is 0 Å². The summed E-state index contributed by atoms with van der Waals surface area (Å²) >= 11 is 0. The fraction of sp³-hybridized carbons (Fsp3) is 1.00. The number of likely N-dealkylation sites (N-methyl/N-ethyl adjacent to an activating group) is 2. The number of nitrogens with one attached hydrogen (secondary N) is 1. The molecule has 2 rings (SSSR count). The summed E-state index contributed by atoms with van der Waals surface area (Å²) in [6.07, 6.45) is 4.12. The second kappa shape index (κ2) is 4.63. The lowest BCUT2D eigenvalue weighted by Crippen LogP contribution is -2.50. The Labute approximate surface area is 100 Å². The van der Waals surface area contributed by atoms with Gasteiger partial charge >= 0.3 is 0 Å². The van der Waals surface area contributed by atoms with Gasteiger partial charge < -0.3 is 10.2 Å². The first-order chi connectivity index (χ1) is 7.54. The molecule has 1 saturated carbocycles. The summed E-state index contributed by atoms with van der Waals surface area (Å²) in [5, 5.41) is 3.33. The van der Waals surface area contributed by atoms with E-state index in [1.165, 1.54) is 32.4 Å². The summed E-state index contributed by atoms with van der Waals surface area (Å²) < 4.78 is 0. The van der Waals surface area contributed by atoms with E-state index in [1.54, 1.807) is 0 Å². The van der Waals surface area contributed by atoms with E-state index in [-0.39, 0.29) is 0 Å². The van der Waals surface area contributed by atoms with Gasteiger partial charge in [-0.3, -0.25) is 4.90 Å². The molecule has 2 aliphatic rings. The standard InChI is InChI=1S/C13H27N3/c1-13(2)7-8-15(4)12(9-14-3)10-16(13)11-5-6-11/h11-12,14H,5-10H2,1-4H3. The molecule has 1 aliphatic heterocycles. The topological polar surface area (TPSA) is 18.5 Å². The summed E-state index contributed by atoms with van der Waals surface area (Å²) in [6.45, 7) is 8.40. The maximum atomic E-state index is 3.33. The quantitative estimate of drug-likeness (QED) is 0.777. The summed E-state index contributed by atoms with van der Waals surface area (Å²) in [6, 6.07) is 1.55. The highest BCUT2D eigenvalue weighted by atomic mass is 15.3. The second-order valence-electron chi connectivity index (χ2n) is 6.14. The molecule has 1 heterocycles. The predicted octanol–water partition coefficient (Wildman–Crippen LogP) is 1.15. The van der Waals surface area contributed by atoms with Gasteiger partial charge in [-0.2, -0.15) is 0 Å². The maximum Gasteiger partial charge on any atom is 0.0345 e. The fourth-order valence-electron chi connectivity index (χ4n) is 2.88. The third-order valence-electron chi connectivity index (χ3n) is 4.31. The molecule has 0 radical (unpaired) electrons. The van der Waals surface area contributed by atoms with Crippen LogP contribution in [0.4, 0.5) is 0 Å². The smallest absolute Gasteiger partial charge is 0.0345 e. The summed E-state index contributed by atoms with van der Waals surface area (Å²) in [5.74, 6) is 0. The Hall–Kier alpha value is -0.120. The minimum Gasteiger partial charge on any atom is -0.318 e. The monoisotopic (exact) mass is 225 g/mol. The van der Waals surface area contributed by atoms with Crippen molar-refractivity contribution in [2.45, 2.75) is 50.7 Å². The molecule has 0 aromatic carbocycles. The molecule has 2 fully saturated rings. The third-order valence-corrected chi connectivity index (χ3v) is 4.31. The van der Waals surface area contributed by atoms with Crippen molar-refractivity contribution in [2.75, 3.05) is 33.7 Å². The van der Waals surface area contributed by atoms with Crippen LogP contribution in [-0.4, -0.2) is 61.2 Å². The molecule has 1 saturated heterocycles. The van der Waals surface area contributed by atoms with Crippen molar-refractivity contribution in [1.29, 1.82) is 0 Å². The van der Waals surface area contributed by atoms with Crippen molar-refractivity contribution in [3.8, 4) is 0 Å². The zero-order valence-corrected chi connectivity index (χ0v) is 11.3. The van der Waals surface area contributed by atoms with Crippen LogP contribution < -0.4 is 5.32 Å². The van der Waals surface area contributed by atoms with Crippen LogP contribution in [0.1, 0.15) is 33.1 Å². The van der Waals surface area contributed by atoms with E-state index in [0.29, 0.717) is 11.6 Å². The van der Waals surface area contributed by atoms with Crippen LogP contribution in [0.15, 0.2) is 0 Å². The van der Waals surface area contributed by atoms with Crippen LogP contribution in [0.2, 0.25) is 0 Å². The van der Waals surface area contributed by atoms with Gasteiger partial charge in [0.15, 0.2) is 0 Å². The third kappa shape index (κ3) is 2.58. The molecular weight excluding hydrogens is 198 g/mol. The number of hydrogen-bond donors (Lipinski definition) is 1. The van der Waals surface area contributed by atoms with Crippen molar-refractivity contribution in [3.63, 3.8) is 0 Å². The van der Waals surface area contributed by atoms with Crippen molar-refractivity contribution >= 4 is 0 Å². The first kappa shape index (κ1) is 12.3. The zero-order valence-electron chi connectivity index (χ0n) is 11.3. The van der Waals surface area contributed by atoms with E-state index in [9.17, 15) is 0 Å². The first-order valence-electron chi connectivity index (χ1n) is 6.66. The summed E-state index contributed by atoms with van der Waals surface area (Å²) in [5.41, 5.74) is 0.387. The van der Waals surface area contributed by atoms with Gasteiger partial charge in [0.2, 0.25) is 0 Å². The van der Waals surface area contributed by atoms with Crippen molar-refractivity contribution < 1.29 is 0 Å². The van der Waals surface area contributed by atoms with Gasteiger partial charge in [-0.1, -0.05) is 0 Å². The molecule has 3 nitrogen and oxygen atoms in total. The molecule has 0 spiro atoms. The van der Waals surface area contributed by atoms with Crippen LogP contribution in [0, 0.1) is 0 Å².